The van der Waals surface area contributed by atoms with Gasteiger partial charge in [-0.2, -0.15) is 0 Å². The first-order chi connectivity index (χ1) is 10.8. The molecule has 0 amide bonds. The number of nitrogens with one attached hydrogen (secondary N) is 1. The van der Waals surface area contributed by atoms with Crippen molar-refractivity contribution < 1.29 is 4.79 Å². The Labute approximate surface area is 132 Å². The Morgan fingerprint density at radius 2 is 1.86 bits per heavy atom. The fourth-order valence-corrected chi connectivity index (χ4v) is 4.59. The molecule has 0 unspecified atom stereocenters. The number of rotatable bonds is 2. The van der Waals surface area contributed by atoms with Crippen LogP contribution in [-0.2, 0) is 10.2 Å². The molecule has 3 nitrogen and oxygen atoms in total. The average molecular weight is 296 g/mol. The lowest BCUT2D eigenvalue weighted by Gasteiger charge is -2.43. The summed E-state index contributed by atoms with van der Waals surface area (Å²) >= 11 is 0. The summed E-state index contributed by atoms with van der Waals surface area (Å²) in [6, 6.07) is 9.23. The molecule has 1 aromatic rings. The van der Waals surface area contributed by atoms with Gasteiger partial charge < -0.3 is 10.2 Å². The highest BCUT2D eigenvalue weighted by Gasteiger charge is 2.41. The number of hydrogen-bond donors (Lipinski definition) is 1. The lowest BCUT2D eigenvalue weighted by Crippen LogP contribution is -2.49. The van der Waals surface area contributed by atoms with Gasteiger partial charge in [0.15, 0.2) is 0 Å². The summed E-state index contributed by atoms with van der Waals surface area (Å²) in [7, 11) is 0. The van der Waals surface area contributed by atoms with Gasteiger partial charge in [0.1, 0.15) is 6.29 Å². The zero-order valence-electron chi connectivity index (χ0n) is 13.1. The van der Waals surface area contributed by atoms with E-state index in [0.717, 1.165) is 62.5 Å². The number of benzene rings is 1. The van der Waals surface area contributed by atoms with Crippen molar-refractivity contribution >= 4 is 11.9 Å². The van der Waals surface area contributed by atoms with Gasteiger partial charge in [0, 0.05) is 17.0 Å². The highest BCUT2D eigenvalue weighted by molar-refractivity contribution is 6.10. The van der Waals surface area contributed by atoms with Crippen LogP contribution >= 0.6 is 0 Å². The molecule has 1 aromatic carbocycles. The molecular weight excluding hydrogens is 272 g/mol. The van der Waals surface area contributed by atoms with Gasteiger partial charge in [0.2, 0.25) is 0 Å². The maximum Gasteiger partial charge on any atom is 0.150 e. The maximum absolute atomic E-state index is 11.4. The highest BCUT2D eigenvalue weighted by atomic mass is 16.1. The molecule has 4 rings (SSSR count). The number of carbonyl (C=O) groups excluding carboxylic acids is 1. The molecule has 2 saturated heterocycles. The van der Waals surface area contributed by atoms with Crippen molar-refractivity contribution in [3.8, 4) is 0 Å². The standard InChI is InChI=1S/C19H24N2O/c22-14-15-13-19(18-4-2-1-3-17(15)18)7-11-21(12-8-19)16-5-9-20-10-6-16/h1-4,13-14,16,20H,5-12H2. The molecule has 3 aliphatic rings. The molecule has 2 aliphatic heterocycles. The van der Waals surface area contributed by atoms with Crippen LogP contribution in [-0.4, -0.2) is 43.4 Å². The Kier molecular flexibility index (Phi) is 3.63. The van der Waals surface area contributed by atoms with E-state index in [-0.39, 0.29) is 5.41 Å². The number of fused-ring (bicyclic) bond motifs is 2. The van der Waals surface area contributed by atoms with Crippen LogP contribution in [0.4, 0.5) is 0 Å². The van der Waals surface area contributed by atoms with Gasteiger partial charge in [-0.25, -0.2) is 0 Å². The second-order valence-corrected chi connectivity index (χ2v) is 6.94. The monoisotopic (exact) mass is 296 g/mol. The van der Waals surface area contributed by atoms with Crippen molar-refractivity contribution in [2.45, 2.75) is 37.1 Å². The Hall–Kier alpha value is -1.45. The molecule has 1 spiro atoms. The topological polar surface area (TPSA) is 32.3 Å². The van der Waals surface area contributed by atoms with E-state index in [4.69, 9.17) is 0 Å². The number of aldehydes is 1. The van der Waals surface area contributed by atoms with Crippen LogP contribution in [0.1, 0.15) is 36.8 Å². The maximum atomic E-state index is 11.4. The van der Waals surface area contributed by atoms with Crippen molar-refractivity contribution in [1.82, 2.24) is 10.2 Å². The molecule has 1 N–H and O–H groups in total. The normalized spacial score (nSPS) is 25.0. The molecule has 3 heteroatoms. The van der Waals surface area contributed by atoms with E-state index in [2.05, 4.69) is 34.5 Å². The molecule has 1 aliphatic carbocycles. The van der Waals surface area contributed by atoms with Crippen molar-refractivity contribution in [2.75, 3.05) is 26.2 Å². The molecule has 0 bridgehead atoms. The van der Waals surface area contributed by atoms with Gasteiger partial charge >= 0.3 is 0 Å². The van der Waals surface area contributed by atoms with Crippen LogP contribution in [0.3, 0.4) is 0 Å². The first-order valence-corrected chi connectivity index (χ1v) is 8.55. The van der Waals surface area contributed by atoms with Crippen LogP contribution in [0.25, 0.3) is 5.57 Å². The van der Waals surface area contributed by atoms with E-state index in [1.54, 1.807) is 0 Å². The number of carbonyl (C=O) groups is 1. The molecule has 0 atom stereocenters. The number of hydrogen-bond acceptors (Lipinski definition) is 3. The zero-order valence-corrected chi connectivity index (χ0v) is 13.1. The van der Waals surface area contributed by atoms with Crippen LogP contribution in [0.15, 0.2) is 30.3 Å². The molecule has 2 fully saturated rings. The van der Waals surface area contributed by atoms with E-state index in [9.17, 15) is 4.79 Å². The van der Waals surface area contributed by atoms with Crippen molar-refractivity contribution in [2.24, 2.45) is 0 Å². The van der Waals surface area contributed by atoms with Crippen LogP contribution in [0.2, 0.25) is 0 Å². The molecule has 116 valence electrons. The number of nitrogens with zero attached hydrogens (tertiary/aromatic N) is 1. The minimum Gasteiger partial charge on any atom is -0.317 e. The number of piperidine rings is 2. The molecule has 0 aromatic heterocycles. The Balaban J connectivity index is 1.55. The molecule has 0 radical (unpaired) electrons. The Morgan fingerprint density at radius 3 is 2.59 bits per heavy atom. The third-order valence-corrected chi connectivity index (χ3v) is 5.85. The third kappa shape index (κ3) is 2.24. The first-order valence-electron chi connectivity index (χ1n) is 8.55. The van der Waals surface area contributed by atoms with E-state index in [0.29, 0.717) is 0 Å². The van der Waals surface area contributed by atoms with E-state index in [1.165, 1.54) is 18.4 Å². The average Bonchev–Trinajstić information content (AvgIpc) is 2.91. The SMILES string of the molecule is O=CC1=CC2(CCN(C3CCNCC3)CC2)c2ccccc21. The molecule has 22 heavy (non-hydrogen) atoms. The molecule has 0 saturated carbocycles. The number of allylic oxidation sites excluding steroid dienone is 2. The van der Waals surface area contributed by atoms with Gasteiger partial charge in [0.25, 0.3) is 0 Å². The zero-order chi connectivity index (χ0) is 15.0. The van der Waals surface area contributed by atoms with E-state index < -0.39 is 0 Å². The van der Waals surface area contributed by atoms with Gasteiger partial charge in [0.05, 0.1) is 0 Å². The van der Waals surface area contributed by atoms with Crippen molar-refractivity contribution in [3.05, 3.63) is 41.5 Å². The van der Waals surface area contributed by atoms with Crippen LogP contribution in [0, 0.1) is 0 Å². The van der Waals surface area contributed by atoms with Crippen molar-refractivity contribution in [3.63, 3.8) is 0 Å². The lowest BCUT2D eigenvalue weighted by molar-refractivity contribution is -0.103. The fraction of sp³-hybridized carbons (Fsp3) is 0.526. The smallest absolute Gasteiger partial charge is 0.150 e. The highest BCUT2D eigenvalue weighted by Crippen LogP contribution is 2.46. The van der Waals surface area contributed by atoms with E-state index >= 15 is 0 Å². The predicted octanol–water partition coefficient (Wildman–Crippen LogP) is 2.37. The van der Waals surface area contributed by atoms with Gasteiger partial charge in [-0.3, -0.25) is 4.79 Å². The van der Waals surface area contributed by atoms with Crippen LogP contribution < -0.4 is 5.32 Å². The first kappa shape index (κ1) is 14.2. The minimum absolute atomic E-state index is 0.107. The minimum atomic E-state index is 0.107. The van der Waals surface area contributed by atoms with E-state index in [1.807, 2.05) is 6.07 Å². The largest absolute Gasteiger partial charge is 0.317 e. The Bertz CT molecular complexity index is 593. The summed E-state index contributed by atoms with van der Waals surface area (Å²) in [4.78, 5) is 14.1. The van der Waals surface area contributed by atoms with Gasteiger partial charge in [-0.1, -0.05) is 30.3 Å². The number of likely N-dealkylation sites (tertiary alicyclic amines) is 1. The summed E-state index contributed by atoms with van der Waals surface area (Å²) in [5.74, 6) is 0. The van der Waals surface area contributed by atoms with Gasteiger partial charge in [-0.05, 0) is 63.0 Å². The summed E-state index contributed by atoms with van der Waals surface area (Å²) in [6.07, 6.45) is 8.13. The van der Waals surface area contributed by atoms with Gasteiger partial charge in [-0.15, -0.1) is 0 Å². The second kappa shape index (κ2) is 5.64. The van der Waals surface area contributed by atoms with Crippen LogP contribution in [0.5, 0.6) is 0 Å². The fourth-order valence-electron chi connectivity index (χ4n) is 4.59. The second-order valence-electron chi connectivity index (χ2n) is 6.94. The quantitative estimate of drug-likeness (QED) is 0.850. The predicted molar refractivity (Wildman–Crippen MR) is 88.9 cm³/mol. The summed E-state index contributed by atoms with van der Waals surface area (Å²) in [5, 5.41) is 3.45. The molecule has 2 heterocycles. The summed E-state index contributed by atoms with van der Waals surface area (Å²) < 4.78 is 0. The summed E-state index contributed by atoms with van der Waals surface area (Å²) in [5.41, 5.74) is 3.54. The Morgan fingerprint density at radius 1 is 1.14 bits per heavy atom. The summed E-state index contributed by atoms with van der Waals surface area (Å²) in [6.45, 7) is 4.62. The lowest BCUT2D eigenvalue weighted by atomic mass is 9.74. The van der Waals surface area contributed by atoms with Crippen molar-refractivity contribution in [1.29, 1.82) is 0 Å². The molecular formula is C19H24N2O. The third-order valence-electron chi connectivity index (χ3n) is 5.85.